The lowest BCUT2D eigenvalue weighted by atomic mass is 9.86. The number of rotatable bonds is 7. The Bertz CT molecular complexity index is 292. The molecule has 1 rings (SSSR count). The molecule has 0 amide bonds. The van der Waals surface area contributed by atoms with Crippen LogP contribution >= 0.6 is 0 Å². The Balaban J connectivity index is 2.65. The second-order valence-corrected chi connectivity index (χ2v) is 8.05. The van der Waals surface area contributed by atoms with E-state index in [0.29, 0.717) is 11.6 Å². The zero-order valence-corrected chi connectivity index (χ0v) is 15.5. The SMILES string of the molecule is CCC1(CC)CNC(CC(C)C)CN1CCOC(C)(C)C. The maximum atomic E-state index is 5.97. The highest BCUT2D eigenvalue weighted by Crippen LogP contribution is 2.28. The maximum absolute atomic E-state index is 5.97. The lowest BCUT2D eigenvalue weighted by Crippen LogP contribution is -2.65. The van der Waals surface area contributed by atoms with E-state index in [4.69, 9.17) is 4.74 Å². The van der Waals surface area contributed by atoms with Gasteiger partial charge in [-0.1, -0.05) is 27.7 Å². The molecule has 1 unspecified atom stereocenters. The molecule has 0 aromatic heterocycles. The van der Waals surface area contributed by atoms with E-state index in [1.807, 2.05) is 0 Å². The quantitative estimate of drug-likeness (QED) is 0.776. The molecule has 0 saturated carbocycles. The Morgan fingerprint density at radius 1 is 1.24 bits per heavy atom. The molecule has 21 heavy (non-hydrogen) atoms. The zero-order chi connectivity index (χ0) is 16.1. The minimum atomic E-state index is -0.0353. The average molecular weight is 299 g/mol. The molecule has 0 bridgehead atoms. The zero-order valence-electron chi connectivity index (χ0n) is 15.5. The summed E-state index contributed by atoms with van der Waals surface area (Å²) in [6.45, 7) is 19.9. The van der Waals surface area contributed by atoms with Gasteiger partial charge in [-0.15, -0.1) is 0 Å². The molecular weight excluding hydrogens is 260 g/mol. The highest BCUT2D eigenvalue weighted by Gasteiger charge is 2.38. The molecular formula is C18H38N2O. The predicted molar refractivity (Wildman–Crippen MR) is 91.8 cm³/mol. The van der Waals surface area contributed by atoms with E-state index in [9.17, 15) is 0 Å². The van der Waals surface area contributed by atoms with Crippen LogP contribution in [0.4, 0.5) is 0 Å². The van der Waals surface area contributed by atoms with Gasteiger partial charge >= 0.3 is 0 Å². The summed E-state index contributed by atoms with van der Waals surface area (Å²) in [5.41, 5.74) is 0.279. The van der Waals surface area contributed by atoms with E-state index >= 15 is 0 Å². The fourth-order valence-electron chi connectivity index (χ4n) is 3.43. The topological polar surface area (TPSA) is 24.5 Å². The highest BCUT2D eigenvalue weighted by atomic mass is 16.5. The van der Waals surface area contributed by atoms with Gasteiger partial charge in [0.15, 0.2) is 0 Å². The average Bonchev–Trinajstić information content (AvgIpc) is 2.37. The van der Waals surface area contributed by atoms with E-state index in [0.717, 1.165) is 32.2 Å². The summed E-state index contributed by atoms with van der Waals surface area (Å²) < 4.78 is 5.97. The Kier molecular flexibility index (Phi) is 7.15. The van der Waals surface area contributed by atoms with Crippen LogP contribution in [-0.4, -0.2) is 48.3 Å². The van der Waals surface area contributed by atoms with Crippen LogP contribution in [0, 0.1) is 5.92 Å². The van der Waals surface area contributed by atoms with Crippen molar-refractivity contribution in [3.05, 3.63) is 0 Å². The van der Waals surface area contributed by atoms with Gasteiger partial charge in [0.1, 0.15) is 0 Å². The summed E-state index contributed by atoms with van der Waals surface area (Å²) >= 11 is 0. The van der Waals surface area contributed by atoms with Gasteiger partial charge in [0.05, 0.1) is 12.2 Å². The van der Waals surface area contributed by atoms with Crippen molar-refractivity contribution in [3.63, 3.8) is 0 Å². The molecule has 1 atom stereocenters. The third-order valence-electron chi connectivity index (χ3n) is 4.80. The van der Waals surface area contributed by atoms with Crippen LogP contribution in [-0.2, 0) is 4.74 Å². The minimum Gasteiger partial charge on any atom is -0.375 e. The van der Waals surface area contributed by atoms with Crippen LogP contribution in [0.3, 0.4) is 0 Å². The first-order valence-electron chi connectivity index (χ1n) is 8.85. The van der Waals surface area contributed by atoms with Gasteiger partial charge in [0, 0.05) is 31.2 Å². The second-order valence-electron chi connectivity index (χ2n) is 8.05. The summed E-state index contributed by atoms with van der Waals surface area (Å²) in [6.07, 6.45) is 3.68. The van der Waals surface area contributed by atoms with E-state index in [1.54, 1.807) is 0 Å². The van der Waals surface area contributed by atoms with E-state index in [-0.39, 0.29) is 5.60 Å². The van der Waals surface area contributed by atoms with Gasteiger partial charge in [-0.05, 0) is 46.0 Å². The predicted octanol–water partition coefficient (Wildman–Crippen LogP) is 3.68. The van der Waals surface area contributed by atoms with E-state index in [2.05, 4.69) is 58.7 Å². The highest BCUT2D eigenvalue weighted by molar-refractivity contribution is 4.97. The standard InChI is InChI=1S/C18H38N2O/c1-8-18(9-2)14-19-16(12-15(3)4)13-20(18)10-11-21-17(5,6)7/h15-16,19H,8-14H2,1-7H3. The molecule has 1 heterocycles. The van der Waals surface area contributed by atoms with E-state index in [1.165, 1.54) is 19.3 Å². The molecule has 1 saturated heterocycles. The third-order valence-corrected chi connectivity index (χ3v) is 4.80. The molecule has 0 radical (unpaired) electrons. The number of hydrogen-bond acceptors (Lipinski definition) is 3. The molecule has 1 aliphatic rings. The molecule has 0 aromatic rings. The number of nitrogens with zero attached hydrogens (tertiary/aromatic N) is 1. The van der Waals surface area contributed by atoms with Crippen LogP contribution in [0.15, 0.2) is 0 Å². The van der Waals surface area contributed by atoms with Gasteiger partial charge in [-0.2, -0.15) is 0 Å². The van der Waals surface area contributed by atoms with Crippen molar-refractivity contribution in [3.8, 4) is 0 Å². The van der Waals surface area contributed by atoms with Crippen molar-refractivity contribution < 1.29 is 4.74 Å². The van der Waals surface area contributed by atoms with Gasteiger partial charge < -0.3 is 10.1 Å². The van der Waals surface area contributed by atoms with Crippen LogP contribution in [0.25, 0.3) is 0 Å². The number of nitrogens with one attached hydrogen (secondary N) is 1. The molecule has 1 N–H and O–H groups in total. The first-order chi connectivity index (χ1) is 9.72. The third kappa shape index (κ3) is 5.88. The summed E-state index contributed by atoms with van der Waals surface area (Å²) in [5.74, 6) is 0.755. The fourth-order valence-corrected chi connectivity index (χ4v) is 3.43. The van der Waals surface area contributed by atoms with Crippen molar-refractivity contribution in [1.82, 2.24) is 10.2 Å². The lowest BCUT2D eigenvalue weighted by molar-refractivity contribution is -0.0428. The van der Waals surface area contributed by atoms with Crippen molar-refractivity contribution in [1.29, 1.82) is 0 Å². The molecule has 126 valence electrons. The van der Waals surface area contributed by atoms with Gasteiger partial charge in [-0.25, -0.2) is 0 Å². The monoisotopic (exact) mass is 298 g/mol. The smallest absolute Gasteiger partial charge is 0.0600 e. The fraction of sp³-hybridized carbons (Fsp3) is 1.00. The Labute approximate surface area is 132 Å². The summed E-state index contributed by atoms with van der Waals surface area (Å²) in [5, 5.41) is 3.80. The van der Waals surface area contributed by atoms with Gasteiger partial charge in [0.2, 0.25) is 0 Å². The normalized spacial score (nSPS) is 23.7. The number of piperazine rings is 1. The summed E-state index contributed by atoms with van der Waals surface area (Å²) in [7, 11) is 0. The van der Waals surface area contributed by atoms with Crippen molar-refractivity contribution in [2.24, 2.45) is 5.92 Å². The number of ether oxygens (including phenoxy) is 1. The van der Waals surface area contributed by atoms with Gasteiger partial charge in [0.25, 0.3) is 0 Å². The Morgan fingerprint density at radius 3 is 2.33 bits per heavy atom. The van der Waals surface area contributed by atoms with Crippen LogP contribution < -0.4 is 5.32 Å². The van der Waals surface area contributed by atoms with Crippen LogP contribution in [0.1, 0.15) is 67.7 Å². The van der Waals surface area contributed by atoms with Gasteiger partial charge in [-0.3, -0.25) is 4.90 Å². The maximum Gasteiger partial charge on any atom is 0.0600 e. The second kappa shape index (κ2) is 7.94. The molecule has 0 aromatic carbocycles. The molecule has 1 fully saturated rings. The molecule has 1 aliphatic heterocycles. The largest absolute Gasteiger partial charge is 0.375 e. The van der Waals surface area contributed by atoms with Crippen molar-refractivity contribution in [2.75, 3.05) is 26.2 Å². The molecule has 0 aliphatic carbocycles. The summed E-state index contributed by atoms with van der Waals surface area (Å²) in [6, 6.07) is 0.630. The van der Waals surface area contributed by atoms with Crippen molar-refractivity contribution in [2.45, 2.75) is 84.9 Å². The summed E-state index contributed by atoms with van der Waals surface area (Å²) in [4.78, 5) is 2.70. The van der Waals surface area contributed by atoms with Crippen molar-refractivity contribution >= 4 is 0 Å². The Morgan fingerprint density at radius 2 is 1.86 bits per heavy atom. The first-order valence-corrected chi connectivity index (χ1v) is 8.85. The first kappa shape index (κ1) is 18.9. The van der Waals surface area contributed by atoms with E-state index < -0.39 is 0 Å². The molecule has 0 spiro atoms. The van der Waals surface area contributed by atoms with Crippen LogP contribution in [0.5, 0.6) is 0 Å². The number of hydrogen-bond donors (Lipinski definition) is 1. The Hall–Kier alpha value is -0.120. The molecule has 3 heteroatoms. The minimum absolute atomic E-state index is 0.0353. The van der Waals surface area contributed by atoms with Crippen LogP contribution in [0.2, 0.25) is 0 Å². The lowest BCUT2D eigenvalue weighted by Gasteiger charge is -2.50. The molecule has 3 nitrogen and oxygen atoms in total.